The number of nitrogens with one attached hydrogen (secondary N) is 1. The fourth-order valence-electron chi connectivity index (χ4n) is 1.94. The van der Waals surface area contributed by atoms with Crippen LogP contribution in [0.5, 0.6) is 0 Å². The van der Waals surface area contributed by atoms with Gasteiger partial charge in [-0.25, -0.2) is 4.79 Å². The number of rotatable bonds is 3. The molecule has 1 aliphatic rings. The van der Waals surface area contributed by atoms with E-state index in [-0.39, 0.29) is 6.03 Å². The lowest BCUT2D eigenvalue weighted by molar-refractivity contribution is 0.175. The molecular weight excluding hydrogens is 216 g/mol. The fourth-order valence-corrected chi connectivity index (χ4v) is 1.94. The zero-order chi connectivity index (χ0) is 12.1. The highest BCUT2D eigenvalue weighted by molar-refractivity contribution is 5.89. The van der Waals surface area contributed by atoms with Crippen molar-refractivity contribution < 1.29 is 9.53 Å². The van der Waals surface area contributed by atoms with Crippen molar-refractivity contribution in [3.8, 4) is 0 Å². The van der Waals surface area contributed by atoms with Crippen molar-refractivity contribution in [2.24, 2.45) is 5.92 Å². The topological polar surface area (TPSA) is 41.6 Å². The van der Waals surface area contributed by atoms with E-state index in [1.807, 2.05) is 37.4 Å². The van der Waals surface area contributed by atoms with Crippen LogP contribution in [0.25, 0.3) is 0 Å². The molecule has 0 aliphatic carbocycles. The molecule has 2 rings (SSSR count). The van der Waals surface area contributed by atoms with Crippen LogP contribution < -0.4 is 5.32 Å². The zero-order valence-electron chi connectivity index (χ0n) is 10.1. The van der Waals surface area contributed by atoms with E-state index >= 15 is 0 Å². The van der Waals surface area contributed by atoms with Crippen LogP contribution in [0, 0.1) is 5.92 Å². The minimum absolute atomic E-state index is 0.0666. The van der Waals surface area contributed by atoms with E-state index in [2.05, 4.69) is 5.32 Å². The number of benzene rings is 1. The minimum Gasteiger partial charge on any atom is -0.381 e. The molecule has 0 aromatic heterocycles. The van der Waals surface area contributed by atoms with Crippen LogP contribution in [0.1, 0.15) is 6.42 Å². The lowest BCUT2D eigenvalue weighted by atomic mass is 10.1. The van der Waals surface area contributed by atoms with Crippen LogP contribution in [0.2, 0.25) is 0 Å². The standard InChI is InChI=1S/C13H18N2O2/c1-15(9-11-7-8-17-10-11)13(16)14-12-5-3-2-4-6-12/h2-6,11H,7-10H2,1H3,(H,14,16). The second-order valence-electron chi connectivity index (χ2n) is 4.41. The molecule has 0 bridgehead atoms. The number of ether oxygens (including phenoxy) is 1. The van der Waals surface area contributed by atoms with Gasteiger partial charge in [0.05, 0.1) is 6.61 Å². The molecule has 1 aromatic rings. The number of para-hydroxylation sites is 1. The molecule has 1 atom stereocenters. The lowest BCUT2D eigenvalue weighted by Crippen LogP contribution is -2.35. The van der Waals surface area contributed by atoms with Gasteiger partial charge in [-0.15, -0.1) is 0 Å². The maximum Gasteiger partial charge on any atom is 0.321 e. The SMILES string of the molecule is CN(CC1CCOC1)C(=O)Nc1ccccc1. The third kappa shape index (κ3) is 3.46. The monoisotopic (exact) mass is 234 g/mol. The number of hydrogen-bond acceptors (Lipinski definition) is 2. The Morgan fingerprint density at radius 1 is 1.47 bits per heavy atom. The molecule has 1 aliphatic heterocycles. The molecule has 1 unspecified atom stereocenters. The van der Waals surface area contributed by atoms with Crippen LogP contribution in [0.15, 0.2) is 30.3 Å². The van der Waals surface area contributed by atoms with Gasteiger partial charge in [0.25, 0.3) is 0 Å². The molecule has 4 heteroatoms. The summed E-state index contributed by atoms with van der Waals surface area (Å²) in [6.45, 7) is 2.33. The smallest absolute Gasteiger partial charge is 0.321 e. The molecule has 4 nitrogen and oxygen atoms in total. The number of amides is 2. The zero-order valence-corrected chi connectivity index (χ0v) is 10.1. The maximum absolute atomic E-state index is 11.9. The van der Waals surface area contributed by atoms with Gasteiger partial charge in [-0.1, -0.05) is 18.2 Å². The van der Waals surface area contributed by atoms with Crippen LogP contribution in [-0.4, -0.2) is 37.7 Å². The molecule has 1 heterocycles. The molecule has 17 heavy (non-hydrogen) atoms. The minimum atomic E-state index is -0.0666. The molecule has 92 valence electrons. The summed E-state index contributed by atoms with van der Waals surface area (Å²) in [6, 6.07) is 9.42. The Hall–Kier alpha value is -1.55. The number of anilines is 1. The predicted molar refractivity (Wildman–Crippen MR) is 67.0 cm³/mol. The molecule has 1 saturated heterocycles. The second-order valence-corrected chi connectivity index (χ2v) is 4.41. The van der Waals surface area contributed by atoms with E-state index in [1.54, 1.807) is 4.90 Å². The van der Waals surface area contributed by atoms with Gasteiger partial charge in [-0.2, -0.15) is 0 Å². The normalized spacial score (nSPS) is 19.0. The van der Waals surface area contributed by atoms with Crippen molar-refractivity contribution in [3.63, 3.8) is 0 Å². The molecular formula is C13H18N2O2. The molecule has 0 radical (unpaired) electrons. The number of hydrogen-bond donors (Lipinski definition) is 1. The van der Waals surface area contributed by atoms with Crippen LogP contribution in [-0.2, 0) is 4.74 Å². The van der Waals surface area contributed by atoms with Crippen LogP contribution >= 0.6 is 0 Å². The van der Waals surface area contributed by atoms with Crippen LogP contribution in [0.3, 0.4) is 0 Å². The van der Waals surface area contributed by atoms with Gasteiger partial charge in [-0.3, -0.25) is 0 Å². The van der Waals surface area contributed by atoms with E-state index in [1.165, 1.54) is 0 Å². The van der Waals surface area contributed by atoms with E-state index in [0.717, 1.165) is 31.9 Å². The van der Waals surface area contributed by atoms with Gasteiger partial charge in [0.1, 0.15) is 0 Å². The third-order valence-corrected chi connectivity index (χ3v) is 2.93. The summed E-state index contributed by atoms with van der Waals surface area (Å²) in [6.07, 6.45) is 1.04. The summed E-state index contributed by atoms with van der Waals surface area (Å²) in [5.41, 5.74) is 0.826. The molecule has 1 aromatic carbocycles. The van der Waals surface area contributed by atoms with Gasteiger partial charge < -0.3 is 15.0 Å². The van der Waals surface area contributed by atoms with Crippen molar-refractivity contribution in [1.29, 1.82) is 0 Å². The number of urea groups is 1. The Bertz CT molecular complexity index is 361. The second kappa shape index (κ2) is 5.68. The van der Waals surface area contributed by atoms with Crippen LogP contribution in [0.4, 0.5) is 10.5 Å². The third-order valence-electron chi connectivity index (χ3n) is 2.93. The largest absolute Gasteiger partial charge is 0.381 e. The summed E-state index contributed by atoms with van der Waals surface area (Å²) in [4.78, 5) is 13.6. The van der Waals surface area contributed by atoms with Crippen molar-refractivity contribution in [2.45, 2.75) is 6.42 Å². The van der Waals surface area contributed by atoms with Gasteiger partial charge >= 0.3 is 6.03 Å². The number of carbonyl (C=O) groups is 1. The van der Waals surface area contributed by atoms with Gasteiger partial charge in [0.15, 0.2) is 0 Å². The number of carbonyl (C=O) groups excluding carboxylic acids is 1. The first-order valence-electron chi connectivity index (χ1n) is 5.90. The Balaban J connectivity index is 1.82. The molecule has 2 amide bonds. The van der Waals surface area contributed by atoms with Gasteiger partial charge in [0.2, 0.25) is 0 Å². The van der Waals surface area contributed by atoms with E-state index in [9.17, 15) is 4.79 Å². The summed E-state index contributed by atoms with van der Waals surface area (Å²) in [5.74, 6) is 0.474. The summed E-state index contributed by atoms with van der Waals surface area (Å²) >= 11 is 0. The highest BCUT2D eigenvalue weighted by atomic mass is 16.5. The molecule has 1 N–H and O–H groups in total. The van der Waals surface area contributed by atoms with E-state index in [0.29, 0.717) is 5.92 Å². The fraction of sp³-hybridized carbons (Fsp3) is 0.462. The number of nitrogens with zero attached hydrogens (tertiary/aromatic N) is 1. The van der Waals surface area contributed by atoms with Crippen molar-refractivity contribution in [1.82, 2.24) is 4.90 Å². The Kier molecular flexibility index (Phi) is 3.98. The Morgan fingerprint density at radius 2 is 2.24 bits per heavy atom. The highest BCUT2D eigenvalue weighted by Crippen LogP contribution is 2.14. The van der Waals surface area contributed by atoms with E-state index < -0.39 is 0 Å². The summed E-state index contributed by atoms with van der Waals surface area (Å²) < 4.78 is 5.30. The predicted octanol–water partition coefficient (Wildman–Crippen LogP) is 2.19. The quantitative estimate of drug-likeness (QED) is 0.871. The molecule has 0 saturated carbocycles. The first-order chi connectivity index (χ1) is 8.25. The van der Waals surface area contributed by atoms with E-state index in [4.69, 9.17) is 4.74 Å². The van der Waals surface area contributed by atoms with Crippen molar-refractivity contribution in [3.05, 3.63) is 30.3 Å². The maximum atomic E-state index is 11.9. The van der Waals surface area contributed by atoms with Gasteiger partial charge in [0, 0.05) is 31.8 Å². The molecule has 1 fully saturated rings. The first-order valence-corrected chi connectivity index (χ1v) is 5.90. The highest BCUT2D eigenvalue weighted by Gasteiger charge is 2.19. The summed E-state index contributed by atoms with van der Waals surface area (Å²) in [7, 11) is 1.82. The lowest BCUT2D eigenvalue weighted by Gasteiger charge is -2.20. The summed E-state index contributed by atoms with van der Waals surface area (Å²) in [5, 5.41) is 2.86. The van der Waals surface area contributed by atoms with Gasteiger partial charge in [-0.05, 0) is 18.6 Å². The average molecular weight is 234 g/mol. The van der Waals surface area contributed by atoms with Crippen molar-refractivity contribution in [2.75, 3.05) is 32.1 Å². The first kappa shape index (κ1) is 11.9. The Morgan fingerprint density at radius 3 is 2.88 bits per heavy atom. The Labute approximate surface area is 102 Å². The average Bonchev–Trinajstić information content (AvgIpc) is 2.83. The van der Waals surface area contributed by atoms with Crippen molar-refractivity contribution >= 4 is 11.7 Å². The molecule has 0 spiro atoms.